The van der Waals surface area contributed by atoms with Gasteiger partial charge in [-0.25, -0.2) is 0 Å². The smallest absolute Gasteiger partial charge is 0.0916 e. The highest BCUT2D eigenvalue weighted by atomic mass is 28.2. The summed E-state index contributed by atoms with van der Waals surface area (Å²) >= 11 is 0. The first-order valence-corrected chi connectivity index (χ1v) is 6.39. The largest absolute Gasteiger partial charge is 0.355 e. The molecular weight excluding hydrogens is 132 g/mol. The lowest BCUT2D eigenvalue weighted by Crippen LogP contribution is -2.21. The maximum absolute atomic E-state index is 5.55. The molecule has 0 aromatic carbocycles. The maximum atomic E-state index is 5.55. The standard InChI is InChI=1S/C4H16N2Si2/c1-3(7-5)4(2)8-6/h3-4H,5-8H2,1-2H3. The van der Waals surface area contributed by atoms with Crippen LogP contribution in [0.4, 0.5) is 0 Å². The zero-order chi connectivity index (χ0) is 6.57. The summed E-state index contributed by atoms with van der Waals surface area (Å²) in [7, 11) is -0.531. The van der Waals surface area contributed by atoms with E-state index in [2.05, 4.69) is 13.8 Å². The fraction of sp³-hybridized carbons (Fsp3) is 1.00. The molecule has 4 heteroatoms. The summed E-state index contributed by atoms with van der Waals surface area (Å²) in [5.74, 6) is 0. The molecule has 8 heavy (non-hydrogen) atoms. The van der Waals surface area contributed by atoms with Crippen LogP contribution in [0.25, 0.3) is 0 Å². The molecule has 0 aromatic heterocycles. The molecule has 0 saturated heterocycles. The second kappa shape index (κ2) is 4.25. The SMILES string of the molecule is CC([SiH2]N)C(C)[SiH2]N. The molecule has 0 aromatic rings. The minimum Gasteiger partial charge on any atom is -0.355 e. The van der Waals surface area contributed by atoms with E-state index < -0.39 is 0 Å². The molecule has 50 valence electrons. The van der Waals surface area contributed by atoms with E-state index in [1.54, 1.807) is 0 Å². The molecule has 2 atom stereocenters. The summed E-state index contributed by atoms with van der Waals surface area (Å²) in [5, 5.41) is 11.1. The Balaban J connectivity index is 3.29. The molecule has 0 aliphatic rings. The van der Waals surface area contributed by atoms with E-state index in [1.807, 2.05) is 0 Å². The minimum atomic E-state index is -0.265. The summed E-state index contributed by atoms with van der Waals surface area (Å²) in [4.78, 5) is 0. The minimum absolute atomic E-state index is 0.265. The predicted molar refractivity (Wildman–Crippen MR) is 44.3 cm³/mol. The van der Waals surface area contributed by atoms with Crippen molar-refractivity contribution in [2.24, 2.45) is 10.8 Å². The van der Waals surface area contributed by atoms with Crippen LogP contribution < -0.4 is 10.8 Å². The summed E-state index contributed by atoms with van der Waals surface area (Å²) in [6.07, 6.45) is 0. The van der Waals surface area contributed by atoms with Crippen LogP contribution in [0.1, 0.15) is 13.8 Å². The molecule has 0 heterocycles. The van der Waals surface area contributed by atoms with Crippen LogP contribution in [0.5, 0.6) is 0 Å². The highest BCUT2D eigenvalue weighted by Gasteiger charge is 2.07. The van der Waals surface area contributed by atoms with Crippen LogP contribution in [0.2, 0.25) is 11.1 Å². The van der Waals surface area contributed by atoms with E-state index in [4.69, 9.17) is 10.8 Å². The molecule has 2 unspecified atom stereocenters. The van der Waals surface area contributed by atoms with Crippen molar-refractivity contribution in [2.75, 3.05) is 0 Å². The quantitative estimate of drug-likeness (QED) is 0.488. The third kappa shape index (κ3) is 2.61. The second-order valence-electron chi connectivity index (χ2n) is 2.43. The van der Waals surface area contributed by atoms with Crippen molar-refractivity contribution >= 4 is 19.4 Å². The fourth-order valence-electron chi connectivity index (χ4n) is 0.465. The van der Waals surface area contributed by atoms with Crippen LogP contribution in [0, 0.1) is 0 Å². The first-order chi connectivity index (χ1) is 3.72. The van der Waals surface area contributed by atoms with Gasteiger partial charge < -0.3 is 10.8 Å². The number of rotatable bonds is 3. The molecule has 0 bridgehead atoms. The van der Waals surface area contributed by atoms with Gasteiger partial charge in [-0.05, 0) is 11.1 Å². The number of hydrogen-bond donors (Lipinski definition) is 2. The van der Waals surface area contributed by atoms with Gasteiger partial charge in [0.1, 0.15) is 0 Å². The van der Waals surface area contributed by atoms with Crippen molar-refractivity contribution in [3.63, 3.8) is 0 Å². The Kier molecular flexibility index (Phi) is 4.44. The molecule has 0 amide bonds. The van der Waals surface area contributed by atoms with Crippen molar-refractivity contribution in [2.45, 2.75) is 24.9 Å². The monoisotopic (exact) mass is 148 g/mol. The van der Waals surface area contributed by atoms with Crippen LogP contribution in [-0.4, -0.2) is 19.4 Å². The van der Waals surface area contributed by atoms with Crippen molar-refractivity contribution in [3.8, 4) is 0 Å². The van der Waals surface area contributed by atoms with Crippen molar-refractivity contribution in [1.82, 2.24) is 0 Å². The number of hydrogen-bond acceptors (Lipinski definition) is 2. The molecule has 2 nitrogen and oxygen atoms in total. The average Bonchev–Trinajstić information content (AvgIpc) is 1.84. The van der Waals surface area contributed by atoms with Gasteiger partial charge >= 0.3 is 0 Å². The van der Waals surface area contributed by atoms with Gasteiger partial charge in [0, 0.05) is 0 Å². The Hall–Kier alpha value is 0.354. The second-order valence-corrected chi connectivity index (χ2v) is 5.94. The summed E-state index contributed by atoms with van der Waals surface area (Å²) in [5.41, 5.74) is 1.54. The Labute approximate surface area is 55.8 Å². The molecule has 0 radical (unpaired) electrons. The van der Waals surface area contributed by atoms with Gasteiger partial charge in [-0.15, -0.1) is 0 Å². The van der Waals surface area contributed by atoms with E-state index in [9.17, 15) is 0 Å². The van der Waals surface area contributed by atoms with E-state index in [-0.39, 0.29) is 19.4 Å². The summed E-state index contributed by atoms with van der Waals surface area (Å²) in [6, 6.07) is 0. The number of nitrogens with two attached hydrogens (primary N) is 2. The third-order valence-corrected chi connectivity index (χ3v) is 5.48. The van der Waals surface area contributed by atoms with E-state index in [0.717, 1.165) is 11.1 Å². The van der Waals surface area contributed by atoms with E-state index >= 15 is 0 Å². The molecule has 0 rings (SSSR count). The first-order valence-electron chi connectivity index (χ1n) is 3.12. The normalized spacial score (nSPS) is 21.0. The molecule has 0 aliphatic heterocycles. The van der Waals surface area contributed by atoms with Crippen molar-refractivity contribution < 1.29 is 0 Å². The molecule has 4 N–H and O–H groups in total. The molecule has 0 saturated carbocycles. The van der Waals surface area contributed by atoms with E-state index in [1.165, 1.54) is 0 Å². The van der Waals surface area contributed by atoms with Gasteiger partial charge in [0.2, 0.25) is 0 Å². The topological polar surface area (TPSA) is 52.0 Å². The van der Waals surface area contributed by atoms with Crippen molar-refractivity contribution in [1.29, 1.82) is 0 Å². The van der Waals surface area contributed by atoms with Gasteiger partial charge in [-0.3, -0.25) is 0 Å². The van der Waals surface area contributed by atoms with Crippen LogP contribution in [0.3, 0.4) is 0 Å². The lowest BCUT2D eigenvalue weighted by atomic mass is 10.4. The lowest BCUT2D eigenvalue weighted by molar-refractivity contribution is 0.851. The first kappa shape index (κ1) is 8.35. The van der Waals surface area contributed by atoms with Gasteiger partial charge in [0.15, 0.2) is 0 Å². The lowest BCUT2D eigenvalue weighted by Gasteiger charge is -2.13. The molecular formula is C4H16N2Si2. The molecule has 0 fully saturated rings. The van der Waals surface area contributed by atoms with Crippen LogP contribution in [-0.2, 0) is 0 Å². The summed E-state index contributed by atoms with van der Waals surface area (Å²) in [6.45, 7) is 4.44. The highest BCUT2D eigenvalue weighted by Crippen LogP contribution is 2.16. The fourth-order valence-corrected chi connectivity index (χ4v) is 2.55. The Morgan fingerprint density at radius 2 is 1.25 bits per heavy atom. The Morgan fingerprint density at radius 3 is 1.38 bits per heavy atom. The van der Waals surface area contributed by atoms with Crippen LogP contribution >= 0.6 is 0 Å². The summed E-state index contributed by atoms with van der Waals surface area (Å²) < 4.78 is 0. The molecule has 0 aliphatic carbocycles. The zero-order valence-electron chi connectivity index (χ0n) is 5.72. The third-order valence-electron chi connectivity index (χ3n) is 1.71. The zero-order valence-corrected chi connectivity index (χ0v) is 8.55. The average molecular weight is 148 g/mol. The highest BCUT2D eigenvalue weighted by molar-refractivity contribution is 6.41. The van der Waals surface area contributed by atoms with Gasteiger partial charge in [-0.2, -0.15) is 0 Å². The van der Waals surface area contributed by atoms with Gasteiger partial charge in [0.05, 0.1) is 19.4 Å². The van der Waals surface area contributed by atoms with Gasteiger partial charge in [-0.1, -0.05) is 13.8 Å². The van der Waals surface area contributed by atoms with Crippen molar-refractivity contribution in [3.05, 3.63) is 0 Å². The van der Waals surface area contributed by atoms with Gasteiger partial charge in [0.25, 0.3) is 0 Å². The predicted octanol–water partition coefficient (Wildman–Crippen LogP) is -1.31. The molecule has 0 spiro atoms. The Morgan fingerprint density at radius 1 is 1.00 bits per heavy atom. The van der Waals surface area contributed by atoms with E-state index in [0.29, 0.717) is 0 Å². The van der Waals surface area contributed by atoms with Crippen LogP contribution in [0.15, 0.2) is 0 Å². The maximum Gasteiger partial charge on any atom is 0.0916 e. The Bertz CT molecular complexity index is 52.0.